The van der Waals surface area contributed by atoms with Gasteiger partial charge >= 0.3 is 0 Å². The quantitative estimate of drug-likeness (QED) is 0.707. The third kappa shape index (κ3) is 3.21. The Morgan fingerprint density at radius 3 is 2.76 bits per heavy atom. The number of nitrogens with zero attached hydrogens (tertiary/aromatic N) is 1. The summed E-state index contributed by atoms with van der Waals surface area (Å²) in [4.78, 5) is 23.3. The molecule has 4 nitrogen and oxygen atoms in total. The number of hydrogen-bond acceptors (Lipinski definition) is 3. The van der Waals surface area contributed by atoms with Gasteiger partial charge in [0.25, 0.3) is 0 Å². The molecule has 2 heterocycles. The first kappa shape index (κ1) is 16.3. The predicted molar refractivity (Wildman–Crippen MR) is 102 cm³/mol. The number of rotatable bonds is 5. The van der Waals surface area contributed by atoms with Crippen LogP contribution < -0.4 is 5.32 Å². The maximum atomic E-state index is 12.8. The molecule has 5 heteroatoms. The van der Waals surface area contributed by atoms with Gasteiger partial charge in [-0.2, -0.15) is 0 Å². The van der Waals surface area contributed by atoms with Crippen LogP contribution in [0.2, 0.25) is 0 Å². The van der Waals surface area contributed by atoms with Gasteiger partial charge in [0.2, 0.25) is 5.91 Å². The summed E-state index contributed by atoms with van der Waals surface area (Å²) in [6.07, 6.45) is 0.875. The highest BCUT2D eigenvalue weighted by Gasteiger charge is 2.46. The van der Waals surface area contributed by atoms with E-state index in [-0.39, 0.29) is 23.8 Å². The van der Waals surface area contributed by atoms with Gasteiger partial charge in [-0.05, 0) is 43.5 Å². The number of para-hydroxylation sites is 2. The molecule has 0 radical (unpaired) electrons. The van der Waals surface area contributed by atoms with E-state index in [9.17, 15) is 4.79 Å². The lowest BCUT2D eigenvalue weighted by molar-refractivity contribution is -0.123. The lowest BCUT2D eigenvalue weighted by Crippen LogP contribution is -2.32. The summed E-state index contributed by atoms with van der Waals surface area (Å²) in [7, 11) is 0. The van der Waals surface area contributed by atoms with Crippen molar-refractivity contribution in [3.8, 4) is 0 Å². The summed E-state index contributed by atoms with van der Waals surface area (Å²) in [5, 5.41) is 3.27. The minimum absolute atomic E-state index is 0.0304. The minimum Gasteiger partial charge on any atom is -0.348 e. The molecule has 3 aromatic rings. The van der Waals surface area contributed by atoms with Crippen molar-refractivity contribution in [2.24, 2.45) is 11.8 Å². The van der Waals surface area contributed by atoms with Crippen molar-refractivity contribution in [2.75, 3.05) is 0 Å². The molecule has 2 aromatic heterocycles. The Morgan fingerprint density at radius 2 is 2.08 bits per heavy atom. The molecule has 130 valence electrons. The number of amides is 1. The number of hydrogen-bond donors (Lipinski definition) is 2. The standard InChI is InChI=1S/C20H23N3OS/c1-11(2)18(17-9-8-12(3)25-17)23-20(24)14-10-13(14)19-21-15-6-4-5-7-16(15)22-19/h4-9,11,13-14,18H,10H2,1-3H3,(H,21,22)(H,23,24)/t13-,14-,18-/m0/s1. The van der Waals surface area contributed by atoms with Crippen LogP contribution in [-0.4, -0.2) is 15.9 Å². The Bertz CT molecular complexity index is 877. The molecule has 0 unspecified atom stereocenters. The first-order valence-electron chi connectivity index (χ1n) is 8.84. The maximum absolute atomic E-state index is 12.8. The van der Waals surface area contributed by atoms with Gasteiger partial charge in [0, 0.05) is 21.6 Å². The molecule has 25 heavy (non-hydrogen) atoms. The lowest BCUT2D eigenvalue weighted by atomic mass is 10.0. The van der Waals surface area contributed by atoms with Crippen LogP contribution >= 0.6 is 11.3 Å². The number of aryl methyl sites for hydroxylation is 1. The SMILES string of the molecule is Cc1ccc([C@@H](NC(=O)[C@H]2C[C@@H]2c2nc3ccccc3[nH]2)C(C)C)s1. The fraction of sp³-hybridized carbons (Fsp3) is 0.400. The fourth-order valence-corrected chi connectivity index (χ4v) is 4.48. The van der Waals surface area contributed by atoms with Crippen molar-refractivity contribution in [3.05, 3.63) is 52.0 Å². The molecule has 2 N–H and O–H groups in total. The topological polar surface area (TPSA) is 57.8 Å². The summed E-state index contributed by atoms with van der Waals surface area (Å²) in [6, 6.07) is 12.4. The van der Waals surface area contributed by atoms with Crippen molar-refractivity contribution in [3.63, 3.8) is 0 Å². The van der Waals surface area contributed by atoms with Crippen LogP contribution in [0, 0.1) is 18.8 Å². The van der Waals surface area contributed by atoms with E-state index in [1.54, 1.807) is 11.3 Å². The van der Waals surface area contributed by atoms with Crippen LogP contribution in [0.3, 0.4) is 0 Å². The molecular formula is C20H23N3OS. The Balaban J connectivity index is 1.46. The first-order valence-corrected chi connectivity index (χ1v) is 9.66. The van der Waals surface area contributed by atoms with Crippen molar-refractivity contribution >= 4 is 28.3 Å². The predicted octanol–water partition coefficient (Wildman–Crippen LogP) is 4.55. The van der Waals surface area contributed by atoms with E-state index in [0.29, 0.717) is 5.92 Å². The number of aromatic nitrogens is 2. The Morgan fingerprint density at radius 1 is 1.28 bits per heavy atom. The molecular weight excluding hydrogens is 330 g/mol. The van der Waals surface area contributed by atoms with E-state index in [1.807, 2.05) is 24.3 Å². The second-order valence-electron chi connectivity index (χ2n) is 7.27. The lowest BCUT2D eigenvalue weighted by Gasteiger charge is -2.21. The van der Waals surface area contributed by atoms with Crippen LogP contribution in [0.5, 0.6) is 0 Å². The molecule has 1 saturated carbocycles. The number of fused-ring (bicyclic) bond motifs is 1. The summed E-state index contributed by atoms with van der Waals surface area (Å²) < 4.78 is 0. The Hall–Kier alpha value is -2.14. The smallest absolute Gasteiger partial charge is 0.224 e. The summed E-state index contributed by atoms with van der Waals surface area (Å²) >= 11 is 1.77. The van der Waals surface area contributed by atoms with Crippen molar-refractivity contribution in [1.82, 2.24) is 15.3 Å². The number of carbonyl (C=O) groups excluding carboxylic acids is 1. The monoisotopic (exact) mass is 353 g/mol. The molecule has 1 fully saturated rings. The van der Waals surface area contributed by atoms with Crippen LogP contribution in [-0.2, 0) is 4.79 Å². The number of aromatic amines is 1. The summed E-state index contributed by atoms with van der Waals surface area (Å²) in [5.74, 6) is 1.70. The zero-order valence-electron chi connectivity index (χ0n) is 14.7. The van der Waals surface area contributed by atoms with E-state index in [4.69, 9.17) is 0 Å². The zero-order chi connectivity index (χ0) is 17.6. The molecule has 1 amide bonds. The zero-order valence-corrected chi connectivity index (χ0v) is 15.6. The average Bonchev–Trinajstić information content (AvgIpc) is 3.09. The van der Waals surface area contributed by atoms with E-state index in [0.717, 1.165) is 23.3 Å². The molecule has 4 rings (SSSR count). The molecule has 1 aromatic carbocycles. The molecule has 0 aliphatic heterocycles. The van der Waals surface area contributed by atoms with Crippen molar-refractivity contribution < 1.29 is 4.79 Å². The molecule has 1 aliphatic carbocycles. The van der Waals surface area contributed by atoms with Gasteiger partial charge in [-0.25, -0.2) is 4.98 Å². The van der Waals surface area contributed by atoms with Crippen LogP contribution in [0.15, 0.2) is 36.4 Å². The third-order valence-electron chi connectivity index (χ3n) is 4.92. The number of carbonyl (C=O) groups is 1. The Kier molecular flexibility index (Phi) is 4.12. The van der Waals surface area contributed by atoms with Gasteiger partial charge in [-0.15, -0.1) is 11.3 Å². The second kappa shape index (κ2) is 6.30. The third-order valence-corrected chi connectivity index (χ3v) is 6.00. The molecule has 3 atom stereocenters. The van der Waals surface area contributed by atoms with Gasteiger partial charge in [0.1, 0.15) is 5.82 Å². The fourth-order valence-electron chi connectivity index (χ4n) is 3.38. The maximum Gasteiger partial charge on any atom is 0.224 e. The van der Waals surface area contributed by atoms with E-state index >= 15 is 0 Å². The van der Waals surface area contributed by atoms with Crippen molar-refractivity contribution in [2.45, 2.75) is 39.2 Å². The molecule has 0 spiro atoms. The number of imidazole rings is 1. The van der Waals surface area contributed by atoms with Gasteiger partial charge in [0.15, 0.2) is 0 Å². The largest absolute Gasteiger partial charge is 0.348 e. The second-order valence-corrected chi connectivity index (χ2v) is 8.59. The van der Waals surface area contributed by atoms with E-state index in [2.05, 4.69) is 48.2 Å². The van der Waals surface area contributed by atoms with Crippen LogP contribution in [0.1, 0.15) is 47.8 Å². The highest BCUT2D eigenvalue weighted by Crippen LogP contribution is 2.47. The highest BCUT2D eigenvalue weighted by molar-refractivity contribution is 7.12. The van der Waals surface area contributed by atoms with Gasteiger partial charge in [-0.3, -0.25) is 4.79 Å². The Labute approximate surface area is 151 Å². The van der Waals surface area contributed by atoms with Gasteiger partial charge in [-0.1, -0.05) is 26.0 Å². The molecule has 0 saturated heterocycles. The van der Waals surface area contributed by atoms with E-state index < -0.39 is 0 Å². The number of benzene rings is 1. The van der Waals surface area contributed by atoms with Crippen LogP contribution in [0.25, 0.3) is 11.0 Å². The normalized spacial score (nSPS) is 20.8. The number of thiophene rings is 1. The van der Waals surface area contributed by atoms with E-state index in [1.165, 1.54) is 9.75 Å². The first-order chi connectivity index (χ1) is 12.0. The number of H-pyrrole nitrogens is 1. The average molecular weight is 353 g/mol. The molecule has 0 bridgehead atoms. The van der Waals surface area contributed by atoms with Gasteiger partial charge < -0.3 is 10.3 Å². The highest BCUT2D eigenvalue weighted by atomic mass is 32.1. The number of nitrogens with one attached hydrogen (secondary N) is 2. The van der Waals surface area contributed by atoms with Crippen LogP contribution in [0.4, 0.5) is 0 Å². The summed E-state index contributed by atoms with van der Waals surface area (Å²) in [6.45, 7) is 6.42. The molecule has 1 aliphatic rings. The van der Waals surface area contributed by atoms with Crippen molar-refractivity contribution in [1.29, 1.82) is 0 Å². The minimum atomic E-state index is 0.0304. The summed E-state index contributed by atoms with van der Waals surface area (Å²) in [5.41, 5.74) is 2.01. The van der Waals surface area contributed by atoms with Gasteiger partial charge in [0.05, 0.1) is 17.1 Å².